The van der Waals surface area contributed by atoms with Crippen molar-refractivity contribution in [2.45, 2.75) is 25.9 Å². The lowest BCUT2D eigenvalue weighted by molar-refractivity contribution is -0.142. The molecule has 6 heteroatoms. The number of fused-ring (bicyclic) bond motifs is 1. The maximum Gasteiger partial charge on any atom is 0.431 e. The first-order valence-corrected chi connectivity index (χ1v) is 7.82. The van der Waals surface area contributed by atoms with Crippen molar-refractivity contribution in [3.8, 4) is 0 Å². The fourth-order valence-electron chi connectivity index (χ4n) is 2.83. The predicted octanol–water partition coefficient (Wildman–Crippen LogP) is 4.82. The number of benzene rings is 2. The van der Waals surface area contributed by atoms with Gasteiger partial charge in [0.15, 0.2) is 0 Å². The van der Waals surface area contributed by atoms with Crippen molar-refractivity contribution in [3.63, 3.8) is 0 Å². The number of anilines is 1. The van der Waals surface area contributed by atoms with Crippen LogP contribution in [0, 0.1) is 6.92 Å². The van der Waals surface area contributed by atoms with E-state index in [0.29, 0.717) is 17.5 Å². The number of carbonyl (C=O) groups is 1. The summed E-state index contributed by atoms with van der Waals surface area (Å²) in [5, 5.41) is 0.302. The average Bonchev–Trinajstić information content (AvgIpc) is 2.93. The van der Waals surface area contributed by atoms with Crippen molar-refractivity contribution < 1.29 is 18.0 Å². The summed E-state index contributed by atoms with van der Waals surface area (Å²) in [5.74, 6) is -0.590. The minimum atomic E-state index is -4.62. The summed E-state index contributed by atoms with van der Waals surface area (Å²) in [4.78, 5) is 12.5. The molecule has 0 aliphatic rings. The number of aromatic nitrogens is 1. The summed E-state index contributed by atoms with van der Waals surface area (Å²) in [5.41, 5.74) is 7.24. The van der Waals surface area contributed by atoms with Crippen LogP contribution in [-0.2, 0) is 12.6 Å². The number of hydrogen-bond donors (Lipinski definition) is 1. The Hall–Kier alpha value is -2.76. The second kappa shape index (κ2) is 6.27. The first kappa shape index (κ1) is 17.1. The summed E-state index contributed by atoms with van der Waals surface area (Å²) in [7, 11) is 0. The molecule has 0 radical (unpaired) electrons. The third-order valence-corrected chi connectivity index (χ3v) is 4.11. The highest BCUT2D eigenvalue weighted by Crippen LogP contribution is 2.35. The Bertz CT molecular complexity index is 924. The minimum absolute atomic E-state index is 0.0136. The van der Waals surface area contributed by atoms with Crippen LogP contribution in [0.15, 0.2) is 48.5 Å². The van der Waals surface area contributed by atoms with Crippen molar-refractivity contribution in [2.75, 3.05) is 5.73 Å². The molecule has 3 rings (SSSR count). The van der Waals surface area contributed by atoms with Gasteiger partial charge in [0.2, 0.25) is 5.91 Å². The molecule has 0 amide bonds. The van der Waals surface area contributed by atoms with E-state index in [9.17, 15) is 18.0 Å². The molecule has 0 bridgehead atoms. The summed E-state index contributed by atoms with van der Waals surface area (Å²) in [6.07, 6.45) is -4.25. The standard InChI is InChI=1S/C19H17F3N2O/c1-12-2-4-13(5-3-12)6-9-18(25)24-16-8-7-15(23)10-14(16)11-17(24)19(20,21)22/h2-5,7-8,10-11H,6,9,23H2,1H3. The number of alkyl halides is 3. The lowest BCUT2D eigenvalue weighted by Gasteiger charge is -2.12. The molecule has 0 spiro atoms. The molecule has 1 heterocycles. The van der Waals surface area contributed by atoms with Gasteiger partial charge >= 0.3 is 6.18 Å². The maximum absolute atomic E-state index is 13.4. The zero-order valence-electron chi connectivity index (χ0n) is 13.6. The second-order valence-electron chi connectivity index (χ2n) is 6.06. The molecule has 0 saturated heterocycles. The number of carbonyl (C=O) groups excluding carboxylic acids is 1. The van der Waals surface area contributed by atoms with Gasteiger partial charge in [-0.2, -0.15) is 13.2 Å². The van der Waals surface area contributed by atoms with Crippen LogP contribution < -0.4 is 5.73 Å². The molecule has 130 valence electrons. The van der Waals surface area contributed by atoms with Crippen LogP contribution >= 0.6 is 0 Å². The van der Waals surface area contributed by atoms with Gasteiger partial charge in [-0.1, -0.05) is 29.8 Å². The van der Waals surface area contributed by atoms with E-state index in [2.05, 4.69) is 0 Å². The number of rotatable bonds is 3. The molecule has 0 fully saturated rings. The number of nitrogens with zero attached hydrogens (tertiary/aromatic N) is 1. The number of aryl methyl sites for hydroxylation is 2. The normalized spacial score (nSPS) is 11.8. The highest BCUT2D eigenvalue weighted by molar-refractivity contribution is 5.95. The van der Waals surface area contributed by atoms with Gasteiger partial charge in [0.1, 0.15) is 5.69 Å². The fourth-order valence-corrected chi connectivity index (χ4v) is 2.83. The molecule has 0 aliphatic heterocycles. The van der Waals surface area contributed by atoms with Crippen molar-refractivity contribution in [1.82, 2.24) is 4.57 Å². The van der Waals surface area contributed by atoms with E-state index in [1.54, 1.807) is 0 Å². The van der Waals surface area contributed by atoms with E-state index in [0.717, 1.165) is 21.8 Å². The van der Waals surface area contributed by atoms with Crippen LogP contribution in [0.3, 0.4) is 0 Å². The summed E-state index contributed by atoms with van der Waals surface area (Å²) >= 11 is 0. The summed E-state index contributed by atoms with van der Waals surface area (Å²) < 4.78 is 40.8. The third-order valence-electron chi connectivity index (χ3n) is 4.11. The predicted molar refractivity (Wildman–Crippen MR) is 91.5 cm³/mol. The fraction of sp³-hybridized carbons (Fsp3) is 0.211. The number of nitrogen functional groups attached to an aromatic ring is 1. The molecule has 0 aliphatic carbocycles. The average molecular weight is 346 g/mol. The molecule has 0 saturated carbocycles. The second-order valence-corrected chi connectivity index (χ2v) is 6.06. The molecular formula is C19H17F3N2O. The van der Waals surface area contributed by atoms with Gasteiger partial charge in [0, 0.05) is 17.5 Å². The van der Waals surface area contributed by atoms with E-state index in [4.69, 9.17) is 5.73 Å². The first-order valence-electron chi connectivity index (χ1n) is 7.82. The molecule has 0 atom stereocenters. The molecule has 1 aromatic heterocycles. The zero-order valence-corrected chi connectivity index (χ0v) is 13.6. The monoisotopic (exact) mass is 346 g/mol. The maximum atomic E-state index is 13.4. The minimum Gasteiger partial charge on any atom is -0.399 e. The van der Waals surface area contributed by atoms with Crippen LogP contribution in [0.4, 0.5) is 18.9 Å². The zero-order chi connectivity index (χ0) is 18.2. The summed E-state index contributed by atoms with van der Waals surface area (Å²) in [6, 6.07) is 12.9. The lowest BCUT2D eigenvalue weighted by Crippen LogP contribution is -2.20. The number of nitrogens with two attached hydrogens (primary N) is 1. The van der Waals surface area contributed by atoms with E-state index in [1.807, 2.05) is 31.2 Å². The Morgan fingerprint density at radius 3 is 2.40 bits per heavy atom. The third kappa shape index (κ3) is 3.52. The van der Waals surface area contributed by atoms with E-state index in [1.165, 1.54) is 18.2 Å². The Labute approximate surface area is 142 Å². The SMILES string of the molecule is Cc1ccc(CCC(=O)n2c(C(F)(F)F)cc3cc(N)ccc32)cc1. The first-order chi connectivity index (χ1) is 11.8. The van der Waals surface area contributed by atoms with E-state index >= 15 is 0 Å². The Morgan fingerprint density at radius 2 is 1.76 bits per heavy atom. The Kier molecular flexibility index (Phi) is 4.29. The lowest BCUT2D eigenvalue weighted by atomic mass is 10.1. The number of hydrogen-bond acceptors (Lipinski definition) is 2. The molecular weight excluding hydrogens is 329 g/mol. The molecule has 0 unspecified atom stereocenters. The van der Waals surface area contributed by atoms with Crippen molar-refractivity contribution in [2.24, 2.45) is 0 Å². The highest BCUT2D eigenvalue weighted by atomic mass is 19.4. The van der Waals surface area contributed by atoms with Gasteiger partial charge in [-0.05, 0) is 43.2 Å². The van der Waals surface area contributed by atoms with Crippen LogP contribution in [0.25, 0.3) is 10.9 Å². The van der Waals surface area contributed by atoms with Crippen LogP contribution in [0.5, 0.6) is 0 Å². The van der Waals surface area contributed by atoms with Crippen LogP contribution in [0.1, 0.15) is 28.0 Å². The quantitative estimate of drug-likeness (QED) is 0.691. The van der Waals surface area contributed by atoms with E-state index < -0.39 is 17.8 Å². The van der Waals surface area contributed by atoms with Crippen molar-refractivity contribution >= 4 is 22.5 Å². The smallest absolute Gasteiger partial charge is 0.399 e. The topological polar surface area (TPSA) is 48.0 Å². The Balaban J connectivity index is 1.95. The summed E-state index contributed by atoms with van der Waals surface area (Å²) in [6.45, 7) is 1.95. The van der Waals surface area contributed by atoms with Gasteiger partial charge in [0.25, 0.3) is 0 Å². The Morgan fingerprint density at radius 1 is 1.08 bits per heavy atom. The van der Waals surface area contributed by atoms with E-state index in [-0.39, 0.29) is 11.9 Å². The van der Waals surface area contributed by atoms with Crippen LogP contribution in [0.2, 0.25) is 0 Å². The van der Waals surface area contributed by atoms with Crippen molar-refractivity contribution in [3.05, 3.63) is 65.4 Å². The highest BCUT2D eigenvalue weighted by Gasteiger charge is 2.37. The largest absolute Gasteiger partial charge is 0.431 e. The van der Waals surface area contributed by atoms with Gasteiger partial charge < -0.3 is 5.73 Å². The molecule has 3 nitrogen and oxygen atoms in total. The van der Waals surface area contributed by atoms with Gasteiger partial charge in [-0.25, -0.2) is 0 Å². The number of halogens is 3. The molecule has 25 heavy (non-hydrogen) atoms. The molecule has 2 aromatic carbocycles. The van der Waals surface area contributed by atoms with Gasteiger partial charge in [-0.15, -0.1) is 0 Å². The van der Waals surface area contributed by atoms with Crippen LogP contribution in [-0.4, -0.2) is 10.5 Å². The molecule has 2 N–H and O–H groups in total. The molecule has 3 aromatic rings. The van der Waals surface area contributed by atoms with Gasteiger partial charge in [-0.3, -0.25) is 9.36 Å². The van der Waals surface area contributed by atoms with Gasteiger partial charge in [0.05, 0.1) is 5.52 Å². The van der Waals surface area contributed by atoms with Crippen molar-refractivity contribution in [1.29, 1.82) is 0 Å².